The average Bonchev–Trinajstić information content (AvgIpc) is 2.52. The molecule has 0 aliphatic carbocycles. The fraction of sp³-hybridized carbons (Fsp3) is 0.632. The molecule has 1 aromatic carbocycles. The highest BCUT2D eigenvalue weighted by atomic mass is 32.2. The van der Waals surface area contributed by atoms with Gasteiger partial charge in [-0.15, -0.1) is 0 Å². The van der Waals surface area contributed by atoms with Gasteiger partial charge in [-0.3, -0.25) is 4.89 Å². The summed E-state index contributed by atoms with van der Waals surface area (Å²) < 4.78 is 28.5. The minimum Gasteiger partial charge on any atom is -0.281 e. The first-order valence-corrected chi connectivity index (χ1v) is 10.3. The van der Waals surface area contributed by atoms with E-state index in [0.717, 1.165) is 37.7 Å². The zero-order valence-corrected chi connectivity index (χ0v) is 16.5. The van der Waals surface area contributed by atoms with Crippen LogP contribution in [0.4, 0.5) is 0 Å². The first-order valence-electron chi connectivity index (χ1n) is 8.87. The zero-order chi connectivity index (χ0) is 18.9. The van der Waals surface area contributed by atoms with E-state index in [4.69, 9.17) is 0 Å². The molecule has 0 heterocycles. The molecule has 0 radical (unpaired) electrons. The van der Waals surface area contributed by atoms with Crippen molar-refractivity contribution < 1.29 is 22.4 Å². The lowest BCUT2D eigenvalue weighted by Gasteiger charge is -2.18. The Hall–Kier alpha value is -1.40. The van der Waals surface area contributed by atoms with Gasteiger partial charge in [0.05, 0.1) is 4.90 Å². The first-order chi connectivity index (χ1) is 11.6. The van der Waals surface area contributed by atoms with Crippen LogP contribution in [0.25, 0.3) is 0 Å². The molecule has 0 amide bonds. The van der Waals surface area contributed by atoms with E-state index in [2.05, 4.69) is 36.9 Å². The second-order valence-electron chi connectivity index (χ2n) is 7.52. The number of benzene rings is 1. The Morgan fingerprint density at radius 3 is 2.16 bits per heavy atom. The molecule has 142 valence electrons. The molecule has 5 nitrogen and oxygen atoms in total. The van der Waals surface area contributed by atoms with Crippen LogP contribution in [0, 0.1) is 5.41 Å². The highest BCUT2D eigenvalue weighted by Gasteiger charge is 2.20. The summed E-state index contributed by atoms with van der Waals surface area (Å²) in [5.41, 5.74) is 1.15. The highest BCUT2D eigenvalue weighted by molar-refractivity contribution is 7.86. The molecule has 0 aromatic heterocycles. The Labute approximate surface area is 151 Å². The average molecular weight is 371 g/mol. The lowest BCUT2D eigenvalue weighted by atomic mass is 9.88. The van der Waals surface area contributed by atoms with Crippen LogP contribution in [0.2, 0.25) is 0 Å². The van der Waals surface area contributed by atoms with Crippen molar-refractivity contribution in [2.45, 2.75) is 77.5 Å². The molecule has 0 spiro atoms. The van der Waals surface area contributed by atoms with Crippen molar-refractivity contribution in [1.82, 2.24) is 0 Å². The largest absolute Gasteiger partial charge is 0.343 e. The maximum absolute atomic E-state index is 12.0. The third-order valence-corrected chi connectivity index (χ3v) is 4.74. The van der Waals surface area contributed by atoms with Crippen LogP contribution in [-0.4, -0.2) is 14.4 Å². The van der Waals surface area contributed by atoms with Gasteiger partial charge in [-0.05, 0) is 40.3 Å². The van der Waals surface area contributed by atoms with Crippen molar-refractivity contribution in [2.24, 2.45) is 5.41 Å². The Morgan fingerprint density at radius 1 is 1.00 bits per heavy atom. The van der Waals surface area contributed by atoms with Crippen LogP contribution in [0.15, 0.2) is 29.2 Å². The maximum Gasteiger partial charge on any atom is 0.343 e. The van der Waals surface area contributed by atoms with Crippen LogP contribution in [0.3, 0.4) is 0 Å². The lowest BCUT2D eigenvalue weighted by molar-refractivity contribution is -0.211. The molecule has 0 bridgehead atoms. The molecule has 0 atom stereocenters. The molecule has 25 heavy (non-hydrogen) atoms. The van der Waals surface area contributed by atoms with Gasteiger partial charge in [0.25, 0.3) is 0 Å². The van der Waals surface area contributed by atoms with Crippen molar-refractivity contribution in [3.63, 3.8) is 0 Å². The Balaban J connectivity index is 2.48. The second-order valence-corrected chi connectivity index (χ2v) is 9.04. The number of carbonyl (C=O) groups is 1. The molecule has 0 unspecified atom stereocenters. The highest BCUT2D eigenvalue weighted by Crippen LogP contribution is 2.22. The predicted molar refractivity (Wildman–Crippen MR) is 97.3 cm³/mol. The van der Waals surface area contributed by atoms with Crippen molar-refractivity contribution >= 4 is 16.1 Å². The smallest absolute Gasteiger partial charge is 0.281 e. The van der Waals surface area contributed by atoms with Crippen LogP contribution in [0.1, 0.15) is 71.8 Å². The van der Waals surface area contributed by atoms with Crippen molar-refractivity contribution in [1.29, 1.82) is 0 Å². The normalized spacial score (nSPS) is 12.2. The Bertz CT molecular complexity index is 627. The molecule has 0 saturated carbocycles. The van der Waals surface area contributed by atoms with Gasteiger partial charge in [0, 0.05) is 6.42 Å². The van der Waals surface area contributed by atoms with Crippen LogP contribution in [0.5, 0.6) is 0 Å². The van der Waals surface area contributed by atoms with Gasteiger partial charge in [0.2, 0.25) is 0 Å². The molecule has 1 rings (SSSR count). The van der Waals surface area contributed by atoms with E-state index in [9.17, 15) is 13.2 Å². The number of unbranched alkanes of at least 4 members (excludes halogenated alkanes) is 4. The fourth-order valence-corrected chi connectivity index (χ4v) is 3.14. The standard InChI is InChI=1S/C19H30O5S/c1-5-6-7-8-9-10-18(20)23-24-25(21,22)17-13-11-16(12-14-17)15-19(2,3)4/h11-14H,5-10,15H2,1-4H3. The van der Waals surface area contributed by atoms with Crippen molar-refractivity contribution in [2.75, 3.05) is 0 Å². The van der Waals surface area contributed by atoms with Gasteiger partial charge in [-0.25, -0.2) is 4.79 Å². The van der Waals surface area contributed by atoms with Gasteiger partial charge in [-0.2, -0.15) is 8.42 Å². The van der Waals surface area contributed by atoms with E-state index in [1.807, 2.05) is 0 Å². The number of carbonyl (C=O) groups excluding carboxylic acids is 1. The third kappa shape index (κ3) is 9.02. The van der Waals surface area contributed by atoms with E-state index in [-0.39, 0.29) is 16.7 Å². The predicted octanol–water partition coefficient (Wildman–Crippen LogP) is 4.80. The summed E-state index contributed by atoms with van der Waals surface area (Å²) in [7, 11) is -4.10. The molecule has 0 fully saturated rings. The molecular formula is C19H30O5S. The number of rotatable bonds is 10. The Kier molecular flexibility index (Phi) is 8.59. The monoisotopic (exact) mass is 370 g/mol. The summed E-state index contributed by atoms with van der Waals surface area (Å²) in [6, 6.07) is 6.43. The van der Waals surface area contributed by atoms with Gasteiger partial charge >= 0.3 is 16.1 Å². The van der Waals surface area contributed by atoms with E-state index in [0.29, 0.717) is 6.42 Å². The maximum atomic E-state index is 12.0. The van der Waals surface area contributed by atoms with Gasteiger partial charge < -0.3 is 0 Å². The van der Waals surface area contributed by atoms with Gasteiger partial charge in [0.15, 0.2) is 0 Å². The molecule has 1 aromatic rings. The summed E-state index contributed by atoms with van der Waals surface area (Å²) in [5, 5.41) is 0. The van der Waals surface area contributed by atoms with Gasteiger partial charge in [-0.1, -0.05) is 65.5 Å². The molecule has 0 aliphatic heterocycles. The number of hydrogen-bond acceptors (Lipinski definition) is 5. The zero-order valence-electron chi connectivity index (χ0n) is 15.7. The summed E-state index contributed by atoms with van der Waals surface area (Å²) in [4.78, 5) is 16.0. The summed E-state index contributed by atoms with van der Waals surface area (Å²) in [6.07, 6.45) is 5.90. The van der Waals surface area contributed by atoms with Crippen molar-refractivity contribution in [3.05, 3.63) is 29.8 Å². The summed E-state index contributed by atoms with van der Waals surface area (Å²) >= 11 is 0. The topological polar surface area (TPSA) is 69.7 Å². The molecule has 0 aliphatic rings. The van der Waals surface area contributed by atoms with E-state index < -0.39 is 16.1 Å². The van der Waals surface area contributed by atoms with E-state index in [1.54, 1.807) is 12.1 Å². The lowest BCUT2D eigenvalue weighted by Crippen LogP contribution is -2.13. The second kappa shape index (κ2) is 9.92. The Morgan fingerprint density at radius 2 is 1.60 bits per heavy atom. The minimum atomic E-state index is -4.10. The molecule has 6 heteroatoms. The van der Waals surface area contributed by atoms with E-state index in [1.165, 1.54) is 12.1 Å². The summed E-state index contributed by atoms with van der Waals surface area (Å²) in [5.74, 6) is -0.663. The van der Waals surface area contributed by atoms with E-state index >= 15 is 0 Å². The van der Waals surface area contributed by atoms with Gasteiger partial charge in [0.1, 0.15) is 0 Å². The van der Waals surface area contributed by atoms with Crippen LogP contribution >= 0.6 is 0 Å². The minimum absolute atomic E-state index is 0.0269. The summed E-state index contributed by atoms with van der Waals surface area (Å²) in [6.45, 7) is 8.45. The van der Waals surface area contributed by atoms with Crippen molar-refractivity contribution in [3.8, 4) is 0 Å². The first kappa shape index (κ1) is 21.6. The van der Waals surface area contributed by atoms with Crippen LogP contribution in [-0.2, 0) is 30.6 Å². The number of hydrogen-bond donors (Lipinski definition) is 0. The SMILES string of the molecule is CCCCCCCC(=O)OOS(=O)(=O)c1ccc(CC(C)(C)C)cc1. The molecule has 0 saturated heterocycles. The third-order valence-electron chi connectivity index (χ3n) is 3.65. The van der Waals surface area contributed by atoms with Crippen LogP contribution < -0.4 is 0 Å². The quantitative estimate of drug-likeness (QED) is 0.336. The molecular weight excluding hydrogens is 340 g/mol. The molecule has 0 N–H and O–H groups in total. The fourth-order valence-electron chi connectivity index (χ4n) is 2.42.